The van der Waals surface area contributed by atoms with Crippen molar-refractivity contribution in [3.8, 4) is 17.2 Å². The number of hydrogen-bond donors (Lipinski definition) is 3. The number of para-hydroxylation sites is 2. The number of guanidine groups is 1. The van der Waals surface area contributed by atoms with E-state index in [9.17, 15) is 5.11 Å². The second-order valence-electron chi connectivity index (χ2n) is 6.79. The lowest BCUT2D eigenvalue weighted by Crippen LogP contribution is -2.38. The number of ether oxygens (including phenoxy) is 2. The van der Waals surface area contributed by atoms with Gasteiger partial charge in [0.05, 0.1) is 26.3 Å². The van der Waals surface area contributed by atoms with Gasteiger partial charge in [-0.1, -0.05) is 24.3 Å². The molecule has 3 aromatic rings. The third-order valence-electron chi connectivity index (χ3n) is 4.66. The van der Waals surface area contributed by atoms with E-state index in [-0.39, 0.29) is 35.8 Å². The number of phenols is 1. The topological polar surface area (TPSA) is 88.3 Å². The SMILES string of the molecule is CCNC(=NCc1cccc(OC)c1O)NC(C)c1cc2cccc(OCC)c2o1.I. The lowest BCUT2D eigenvalue weighted by Gasteiger charge is -2.16. The van der Waals surface area contributed by atoms with Crippen LogP contribution in [0.4, 0.5) is 0 Å². The first-order valence-electron chi connectivity index (χ1n) is 10.1. The number of rotatable bonds is 8. The van der Waals surface area contributed by atoms with Crippen LogP contribution in [-0.4, -0.2) is 31.3 Å². The van der Waals surface area contributed by atoms with E-state index in [0.29, 0.717) is 37.0 Å². The van der Waals surface area contributed by atoms with E-state index in [1.165, 1.54) is 7.11 Å². The average molecular weight is 539 g/mol. The molecule has 0 aliphatic heterocycles. The van der Waals surface area contributed by atoms with E-state index in [1.54, 1.807) is 6.07 Å². The molecule has 1 unspecified atom stereocenters. The molecule has 3 N–H and O–H groups in total. The van der Waals surface area contributed by atoms with E-state index in [0.717, 1.165) is 22.5 Å². The summed E-state index contributed by atoms with van der Waals surface area (Å²) in [7, 11) is 1.53. The van der Waals surface area contributed by atoms with Crippen molar-refractivity contribution in [2.75, 3.05) is 20.3 Å². The van der Waals surface area contributed by atoms with Crippen molar-refractivity contribution >= 4 is 40.9 Å². The molecule has 31 heavy (non-hydrogen) atoms. The summed E-state index contributed by atoms with van der Waals surface area (Å²) < 4.78 is 16.9. The normalized spacial score (nSPS) is 12.2. The zero-order valence-corrected chi connectivity index (χ0v) is 20.6. The fourth-order valence-corrected chi connectivity index (χ4v) is 3.16. The van der Waals surface area contributed by atoms with Crippen LogP contribution in [0, 0.1) is 0 Å². The Hall–Kier alpha value is -2.62. The zero-order chi connectivity index (χ0) is 21.5. The molecular weight excluding hydrogens is 509 g/mol. The lowest BCUT2D eigenvalue weighted by molar-refractivity contribution is 0.336. The molecule has 0 aliphatic rings. The van der Waals surface area contributed by atoms with Crippen molar-refractivity contribution in [2.24, 2.45) is 4.99 Å². The van der Waals surface area contributed by atoms with Gasteiger partial charge in [-0.25, -0.2) is 4.99 Å². The first-order valence-corrected chi connectivity index (χ1v) is 10.1. The third kappa shape index (κ3) is 5.96. The molecule has 8 heteroatoms. The molecule has 168 valence electrons. The average Bonchev–Trinajstić information content (AvgIpc) is 3.19. The van der Waals surface area contributed by atoms with E-state index in [1.807, 2.05) is 57.2 Å². The van der Waals surface area contributed by atoms with Crippen molar-refractivity contribution in [2.45, 2.75) is 33.4 Å². The molecule has 0 saturated carbocycles. The van der Waals surface area contributed by atoms with Gasteiger partial charge >= 0.3 is 0 Å². The Morgan fingerprint density at radius 2 is 1.90 bits per heavy atom. The van der Waals surface area contributed by atoms with Gasteiger partial charge in [-0.2, -0.15) is 0 Å². The smallest absolute Gasteiger partial charge is 0.192 e. The van der Waals surface area contributed by atoms with Crippen LogP contribution in [0.5, 0.6) is 17.2 Å². The van der Waals surface area contributed by atoms with Crippen molar-refractivity contribution in [1.82, 2.24) is 10.6 Å². The highest BCUT2D eigenvalue weighted by atomic mass is 127. The first kappa shape index (κ1) is 24.6. The third-order valence-corrected chi connectivity index (χ3v) is 4.66. The highest BCUT2D eigenvalue weighted by Crippen LogP contribution is 2.31. The predicted octanol–water partition coefficient (Wildman–Crippen LogP) is 4.98. The second-order valence-corrected chi connectivity index (χ2v) is 6.79. The number of fused-ring (bicyclic) bond motifs is 1. The van der Waals surface area contributed by atoms with Crippen LogP contribution in [-0.2, 0) is 6.54 Å². The van der Waals surface area contributed by atoms with Crippen molar-refractivity contribution in [3.63, 3.8) is 0 Å². The second kappa shape index (κ2) is 11.7. The quantitative estimate of drug-likeness (QED) is 0.213. The monoisotopic (exact) mass is 539 g/mol. The molecule has 0 aliphatic carbocycles. The lowest BCUT2D eigenvalue weighted by atomic mass is 10.2. The molecule has 0 fully saturated rings. The van der Waals surface area contributed by atoms with Gasteiger partial charge in [0.2, 0.25) is 0 Å². The maximum absolute atomic E-state index is 10.3. The Balaban J connectivity index is 0.00000341. The van der Waals surface area contributed by atoms with Crippen molar-refractivity contribution in [1.29, 1.82) is 0 Å². The van der Waals surface area contributed by atoms with Crippen LogP contribution in [0.2, 0.25) is 0 Å². The number of furan rings is 1. The minimum Gasteiger partial charge on any atom is -0.504 e. The number of nitrogens with zero attached hydrogens (tertiary/aromatic N) is 1. The summed E-state index contributed by atoms with van der Waals surface area (Å²) in [5.41, 5.74) is 1.43. The number of benzene rings is 2. The van der Waals surface area contributed by atoms with Crippen LogP contribution in [0.15, 0.2) is 51.9 Å². The Morgan fingerprint density at radius 3 is 2.61 bits per heavy atom. The molecule has 0 radical (unpaired) electrons. The molecule has 1 aromatic heterocycles. The summed E-state index contributed by atoms with van der Waals surface area (Å²) in [6.07, 6.45) is 0. The predicted molar refractivity (Wildman–Crippen MR) is 134 cm³/mol. The van der Waals surface area contributed by atoms with E-state index >= 15 is 0 Å². The van der Waals surface area contributed by atoms with Crippen molar-refractivity contribution < 1.29 is 19.0 Å². The van der Waals surface area contributed by atoms with E-state index in [4.69, 9.17) is 13.9 Å². The first-order chi connectivity index (χ1) is 14.6. The van der Waals surface area contributed by atoms with Gasteiger partial charge in [0, 0.05) is 17.5 Å². The molecule has 7 nitrogen and oxygen atoms in total. The van der Waals surface area contributed by atoms with Gasteiger partial charge in [0.1, 0.15) is 5.76 Å². The van der Waals surface area contributed by atoms with Gasteiger partial charge in [-0.15, -0.1) is 24.0 Å². The Morgan fingerprint density at radius 1 is 1.16 bits per heavy atom. The molecule has 1 heterocycles. The van der Waals surface area contributed by atoms with Gasteiger partial charge < -0.3 is 29.6 Å². The van der Waals surface area contributed by atoms with Crippen molar-refractivity contribution in [3.05, 3.63) is 53.8 Å². The van der Waals surface area contributed by atoms with Crippen LogP contribution >= 0.6 is 24.0 Å². The standard InChI is InChI=1S/C23H29N3O4.HI/c1-5-24-23(25-14-17-10-8-11-18(28-4)21(17)27)26-15(3)20-13-16-9-7-12-19(29-6-2)22(16)30-20;/h7-13,15,27H,5-6,14H2,1-4H3,(H2,24,25,26);1H. The fraction of sp³-hybridized carbons (Fsp3) is 0.348. The van der Waals surface area contributed by atoms with E-state index < -0.39 is 0 Å². The molecule has 1 atom stereocenters. The minimum absolute atomic E-state index is 0. The summed E-state index contributed by atoms with van der Waals surface area (Å²) in [6.45, 7) is 7.55. The number of aromatic hydroxyl groups is 1. The fourth-order valence-electron chi connectivity index (χ4n) is 3.16. The minimum atomic E-state index is -0.122. The Kier molecular flexibility index (Phi) is 9.29. The molecule has 0 spiro atoms. The Bertz CT molecular complexity index is 1020. The molecule has 0 saturated heterocycles. The molecule has 2 aromatic carbocycles. The molecular formula is C23H30IN3O4. The maximum Gasteiger partial charge on any atom is 0.192 e. The highest BCUT2D eigenvalue weighted by molar-refractivity contribution is 14.0. The number of halogens is 1. The van der Waals surface area contributed by atoms with Crippen LogP contribution in [0.3, 0.4) is 0 Å². The van der Waals surface area contributed by atoms with E-state index in [2.05, 4.69) is 15.6 Å². The van der Waals surface area contributed by atoms with Gasteiger partial charge in [-0.3, -0.25) is 0 Å². The number of phenolic OH excluding ortho intramolecular Hbond substituents is 1. The highest BCUT2D eigenvalue weighted by Gasteiger charge is 2.16. The largest absolute Gasteiger partial charge is 0.504 e. The molecule has 0 bridgehead atoms. The van der Waals surface area contributed by atoms with Crippen LogP contribution in [0.1, 0.15) is 38.1 Å². The van der Waals surface area contributed by atoms with Gasteiger partial charge in [0.25, 0.3) is 0 Å². The van der Waals surface area contributed by atoms with Gasteiger partial charge in [-0.05, 0) is 39.0 Å². The summed E-state index contributed by atoms with van der Waals surface area (Å²) in [4.78, 5) is 4.60. The number of methoxy groups -OCH3 is 1. The number of aliphatic imine (C=N–C) groups is 1. The van der Waals surface area contributed by atoms with Gasteiger partial charge in [0.15, 0.2) is 28.8 Å². The Labute approximate surface area is 199 Å². The number of hydrogen-bond acceptors (Lipinski definition) is 5. The summed E-state index contributed by atoms with van der Waals surface area (Å²) >= 11 is 0. The zero-order valence-electron chi connectivity index (χ0n) is 18.3. The van der Waals surface area contributed by atoms with Crippen LogP contribution < -0.4 is 20.1 Å². The maximum atomic E-state index is 10.3. The summed E-state index contributed by atoms with van der Waals surface area (Å²) in [5.74, 6) is 2.68. The number of nitrogens with one attached hydrogen (secondary N) is 2. The summed E-state index contributed by atoms with van der Waals surface area (Å²) in [6, 6.07) is 13.1. The molecule has 3 rings (SSSR count). The summed E-state index contributed by atoms with van der Waals surface area (Å²) in [5, 5.41) is 17.9. The molecule has 0 amide bonds. The van der Waals surface area contributed by atoms with Crippen LogP contribution in [0.25, 0.3) is 11.0 Å².